The summed E-state index contributed by atoms with van der Waals surface area (Å²) in [4.78, 5) is 13.1. The Morgan fingerprint density at radius 2 is 2.17 bits per heavy atom. The summed E-state index contributed by atoms with van der Waals surface area (Å²) in [5, 5.41) is 1.13. The van der Waals surface area contributed by atoms with Gasteiger partial charge in [0.2, 0.25) is 0 Å². The fourth-order valence-corrected chi connectivity index (χ4v) is 1.91. The number of methoxy groups -OCH3 is 1. The average Bonchev–Trinajstić information content (AvgIpc) is 2.79. The highest BCUT2D eigenvalue weighted by molar-refractivity contribution is 5.80. The van der Waals surface area contributed by atoms with Crippen LogP contribution in [0.1, 0.15) is 12.0 Å². The summed E-state index contributed by atoms with van der Waals surface area (Å²) < 4.78 is 10.1. The number of para-hydroxylation sites is 1. The predicted molar refractivity (Wildman–Crippen MR) is 69.2 cm³/mol. The van der Waals surface area contributed by atoms with Crippen LogP contribution in [0.4, 0.5) is 0 Å². The molecule has 0 aliphatic carbocycles. The lowest BCUT2D eigenvalue weighted by atomic mass is 10.1. The van der Waals surface area contributed by atoms with E-state index in [4.69, 9.17) is 4.42 Å². The van der Waals surface area contributed by atoms with Crippen molar-refractivity contribution in [3.05, 3.63) is 36.1 Å². The SMILES string of the molecule is COC(=O)CCN(C)Cc1coc2ccccc12. The van der Waals surface area contributed by atoms with Crippen LogP contribution < -0.4 is 0 Å². The maximum atomic E-state index is 11.1. The second-order valence-electron chi connectivity index (χ2n) is 4.32. The summed E-state index contributed by atoms with van der Waals surface area (Å²) in [7, 11) is 3.39. The number of fused-ring (bicyclic) bond motifs is 1. The van der Waals surface area contributed by atoms with Crippen LogP contribution in [0.15, 0.2) is 34.9 Å². The van der Waals surface area contributed by atoms with Crippen LogP contribution in [0.5, 0.6) is 0 Å². The Morgan fingerprint density at radius 3 is 2.94 bits per heavy atom. The number of ether oxygens (including phenoxy) is 1. The van der Waals surface area contributed by atoms with Crippen molar-refractivity contribution < 1.29 is 13.9 Å². The number of benzene rings is 1. The third-order valence-corrected chi connectivity index (χ3v) is 2.93. The zero-order valence-corrected chi connectivity index (χ0v) is 10.7. The van der Waals surface area contributed by atoms with Gasteiger partial charge in [-0.05, 0) is 13.1 Å². The fraction of sp³-hybridized carbons (Fsp3) is 0.357. The van der Waals surface area contributed by atoms with E-state index in [0.717, 1.165) is 23.1 Å². The quantitative estimate of drug-likeness (QED) is 0.761. The largest absolute Gasteiger partial charge is 0.469 e. The van der Waals surface area contributed by atoms with E-state index in [-0.39, 0.29) is 5.97 Å². The lowest BCUT2D eigenvalue weighted by Crippen LogP contribution is -2.21. The van der Waals surface area contributed by atoms with Gasteiger partial charge in [-0.2, -0.15) is 0 Å². The van der Waals surface area contributed by atoms with Crippen molar-refractivity contribution in [1.82, 2.24) is 4.90 Å². The molecule has 2 rings (SSSR count). The molecule has 4 nitrogen and oxygen atoms in total. The Bertz CT molecular complexity index is 533. The number of hydrogen-bond acceptors (Lipinski definition) is 4. The molecule has 0 amide bonds. The monoisotopic (exact) mass is 247 g/mol. The molecule has 0 radical (unpaired) electrons. The molecule has 0 fully saturated rings. The summed E-state index contributed by atoms with van der Waals surface area (Å²) in [6.07, 6.45) is 2.18. The van der Waals surface area contributed by atoms with Gasteiger partial charge < -0.3 is 14.1 Å². The van der Waals surface area contributed by atoms with Gasteiger partial charge >= 0.3 is 5.97 Å². The number of nitrogens with zero attached hydrogens (tertiary/aromatic N) is 1. The molecule has 0 N–H and O–H groups in total. The Balaban J connectivity index is 1.98. The first kappa shape index (κ1) is 12.6. The first-order chi connectivity index (χ1) is 8.70. The minimum Gasteiger partial charge on any atom is -0.469 e. The molecule has 2 aromatic rings. The molecule has 1 heterocycles. The number of carbonyl (C=O) groups is 1. The van der Waals surface area contributed by atoms with Crippen LogP contribution in [-0.4, -0.2) is 31.6 Å². The minimum absolute atomic E-state index is 0.182. The Hall–Kier alpha value is -1.81. The molecule has 96 valence electrons. The van der Waals surface area contributed by atoms with Gasteiger partial charge in [-0.15, -0.1) is 0 Å². The summed E-state index contributed by atoms with van der Waals surface area (Å²) in [6.45, 7) is 1.43. The first-order valence-corrected chi connectivity index (χ1v) is 5.91. The maximum Gasteiger partial charge on any atom is 0.306 e. The Kier molecular flexibility index (Phi) is 3.99. The van der Waals surface area contributed by atoms with Crippen molar-refractivity contribution in [2.75, 3.05) is 20.7 Å². The molecule has 0 spiro atoms. The van der Waals surface area contributed by atoms with E-state index >= 15 is 0 Å². The number of furan rings is 1. The summed E-state index contributed by atoms with van der Waals surface area (Å²) in [5.41, 5.74) is 2.03. The zero-order valence-electron chi connectivity index (χ0n) is 10.7. The number of esters is 1. The highest BCUT2D eigenvalue weighted by atomic mass is 16.5. The summed E-state index contributed by atoms with van der Waals surface area (Å²) >= 11 is 0. The first-order valence-electron chi connectivity index (χ1n) is 5.91. The molecule has 0 unspecified atom stereocenters. The van der Waals surface area contributed by atoms with Crippen LogP contribution in [0.25, 0.3) is 11.0 Å². The molecule has 0 aliphatic rings. The number of rotatable bonds is 5. The molecule has 1 aromatic carbocycles. The molecule has 0 aliphatic heterocycles. The molecule has 0 saturated carbocycles. The second kappa shape index (κ2) is 5.69. The van der Waals surface area contributed by atoms with Gasteiger partial charge in [-0.1, -0.05) is 18.2 Å². The van der Waals surface area contributed by atoms with Crippen LogP contribution in [0.3, 0.4) is 0 Å². The minimum atomic E-state index is -0.182. The lowest BCUT2D eigenvalue weighted by Gasteiger charge is -2.14. The van der Waals surface area contributed by atoms with Crippen LogP contribution >= 0.6 is 0 Å². The van der Waals surface area contributed by atoms with E-state index in [9.17, 15) is 4.79 Å². The van der Waals surface area contributed by atoms with Gasteiger partial charge in [0.05, 0.1) is 19.8 Å². The van der Waals surface area contributed by atoms with Crippen molar-refractivity contribution >= 4 is 16.9 Å². The number of carbonyl (C=O) groups excluding carboxylic acids is 1. The molecular weight excluding hydrogens is 230 g/mol. The maximum absolute atomic E-state index is 11.1. The molecule has 1 aromatic heterocycles. The second-order valence-corrected chi connectivity index (χ2v) is 4.32. The fourth-order valence-electron chi connectivity index (χ4n) is 1.91. The van der Waals surface area contributed by atoms with Crippen molar-refractivity contribution in [2.45, 2.75) is 13.0 Å². The number of hydrogen-bond donors (Lipinski definition) is 0. The smallest absolute Gasteiger partial charge is 0.306 e. The van der Waals surface area contributed by atoms with E-state index in [1.54, 1.807) is 6.26 Å². The van der Waals surface area contributed by atoms with Crippen LogP contribution in [-0.2, 0) is 16.1 Å². The van der Waals surface area contributed by atoms with Gasteiger partial charge in [0.15, 0.2) is 0 Å². The normalized spacial score (nSPS) is 11.1. The standard InChI is InChI=1S/C14H17NO3/c1-15(8-7-14(16)17-2)9-11-10-18-13-6-4-3-5-12(11)13/h3-6,10H,7-9H2,1-2H3. The van der Waals surface area contributed by atoms with Gasteiger partial charge in [0.1, 0.15) is 5.58 Å². The van der Waals surface area contributed by atoms with Crippen LogP contribution in [0, 0.1) is 0 Å². The predicted octanol–water partition coefficient (Wildman–Crippen LogP) is 2.43. The van der Waals surface area contributed by atoms with Gasteiger partial charge in [0.25, 0.3) is 0 Å². The zero-order chi connectivity index (χ0) is 13.0. The molecule has 18 heavy (non-hydrogen) atoms. The van der Waals surface area contributed by atoms with Crippen molar-refractivity contribution in [3.8, 4) is 0 Å². The average molecular weight is 247 g/mol. The highest BCUT2D eigenvalue weighted by Crippen LogP contribution is 2.21. The summed E-state index contributed by atoms with van der Waals surface area (Å²) in [5.74, 6) is -0.182. The van der Waals surface area contributed by atoms with Gasteiger partial charge in [-0.3, -0.25) is 4.79 Å². The Morgan fingerprint density at radius 1 is 1.39 bits per heavy atom. The van der Waals surface area contributed by atoms with E-state index < -0.39 is 0 Å². The van der Waals surface area contributed by atoms with Crippen LogP contribution in [0.2, 0.25) is 0 Å². The highest BCUT2D eigenvalue weighted by Gasteiger charge is 2.09. The van der Waals surface area contributed by atoms with E-state index in [1.165, 1.54) is 7.11 Å². The molecule has 4 heteroatoms. The summed E-state index contributed by atoms with van der Waals surface area (Å²) in [6, 6.07) is 7.95. The van der Waals surface area contributed by atoms with Gasteiger partial charge in [-0.25, -0.2) is 0 Å². The van der Waals surface area contributed by atoms with Gasteiger partial charge in [0, 0.05) is 24.0 Å². The van der Waals surface area contributed by atoms with E-state index in [2.05, 4.69) is 9.64 Å². The molecule has 0 atom stereocenters. The van der Waals surface area contributed by atoms with E-state index in [1.807, 2.05) is 31.3 Å². The molecule has 0 bridgehead atoms. The topological polar surface area (TPSA) is 42.7 Å². The van der Waals surface area contributed by atoms with E-state index in [0.29, 0.717) is 13.0 Å². The third kappa shape index (κ3) is 2.90. The van der Waals surface area contributed by atoms with Crippen molar-refractivity contribution in [1.29, 1.82) is 0 Å². The van der Waals surface area contributed by atoms with Crippen molar-refractivity contribution in [3.63, 3.8) is 0 Å². The third-order valence-electron chi connectivity index (χ3n) is 2.93. The van der Waals surface area contributed by atoms with Crippen molar-refractivity contribution in [2.24, 2.45) is 0 Å². The lowest BCUT2D eigenvalue weighted by molar-refractivity contribution is -0.140. The Labute approximate surface area is 106 Å². The molecule has 0 saturated heterocycles. The molecular formula is C14H17NO3.